The molecule has 0 saturated heterocycles. The summed E-state index contributed by atoms with van der Waals surface area (Å²) >= 11 is 0. The van der Waals surface area contributed by atoms with Crippen LogP contribution in [0.25, 0.3) is 0 Å². The first-order valence-electron chi connectivity index (χ1n) is 6.94. The molecule has 21 heavy (non-hydrogen) atoms. The molecule has 0 aliphatic heterocycles. The number of carbonyl (C=O) groups is 1. The molecule has 0 aromatic heterocycles. The molecule has 3 N–H and O–H groups in total. The highest BCUT2D eigenvalue weighted by Gasteiger charge is 2.02. The minimum atomic E-state index is -0.158. The molecule has 0 aliphatic carbocycles. The second-order valence-corrected chi connectivity index (χ2v) is 4.93. The number of amides is 1. The molecule has 0 saturated carbocycles. The van der Waals surface area contributed by atoms with Crippen molar-refractivity contribution in [1.82, 2.24) is 5.43 Å². The summed E-state index contributed by atoms with van der Waals surface area (Å²) < 4.78 is 5.78. The van der Waals surface area contributed by atoms with Crippen molar-refractivity contribution < 1.29 is 9.53 Å². The van der Waals surface area contributed by atoms with Crippen LogP contribution in [0.3, 0.4) is 0 Å². The van der Waals surface area contributed by atoms with Crippen molar-refractivity contribution in [1.29, 1.82) is 0 Å². The van der Waals surface area contributed by atoms with Gasteiger partial charge in [-0.25, -0.2) is 5.84 Å². The van der Waals surface area contributed by atoms with E-state index in [0.717, 1.165) is 11.3 Å². The van der Waals surface area contributed by atoms with Gasteiger partial charge in [-0.05, 0) is 42.2 Å². The van der Waals surface area contributed by atoms with E-state index in [9.17, 15) is 4.79 Å². The van der Waals surface area contributed by atoms with Crippen molar-refractivity contribution in [3.05, 3.63) is 65.2 Å². The summed E-state index contributed by atoms with van der Waals surface area (Å²) in [5, 5.41) is 0. The van der Waals surface area contributed by atoms with Crippen LogP contribution >= 0.6 is 0 Å². The van der Waals surface area contributed by atoms with Gasteiger partial charge < -0.3 is 4.74 Å². The molecule has 0 aliphatic rings. The lowest BCUT2D eigenvalue weighted by atomic mass is 10.1. The molecule has 0 unspecified atom stereocenters. The number of benzene rings is 2. The van der Waals surface area contributed by atoms with E-state index in [4.69, 9.17) is 10.6 Å². The lowest BCUT2D eigenvalue weighted by Gasteiger charge is -2.09. The van der Waals surface area contributed by atoms with Gasteiger partial charge in [0.25, 0.3) is 0 Å². The predicted octanol–water partition coefficient (Wildman–Crippen LogP) is 2.50. The van der Waals surface area contributed by atoms with Gasteiger partial charge in [-0.2, -0.15) is 0 Å². The number of nitrogens with one attached hydrogen (secondary N) is 1. The minimum absolute atomic E-state index is 0.158. The fourth-order valence-electron chi connectivity index (χ4n) is 2.02. The van der Waals surface area contributed by atoms with Crippen LogP contribution in [-0.4, -0.2) is 5.91 Å². The molecule has 0 atom stereocenters. The van der Waals surface area contributed by atoms with Crippen molar-refractivity contribution in [2.24, 2.45) is 5.84 Å². The van der Waals surface area contributed by atoms with Crippen molar-refractivity contribution in [3.63, 3.8) is 0 Å². The Bertz CT molecular complexity index is 594. The van der Waals surface area contributed by atoms with Crippen molar-refractivity contribution in [3.8, 4) is 5.75 Å². The number of rotatable bonds is 6. The molecule has 0 fully saturated rings. The summed E-state index contributed by atoms with van der Waals surface area (Å²) in [5.74, 6) is 5.71. The summed E-state index contributed by atoms with van der Waals surface area (Å²) in [6.45, 7) is 2.63. The van der Waals surface area contributed by atoms with Gasteiger partial charge in [0, 0.05) is 6.42 Å². The average Bonchev–Trinajstić information content (AvgIpc) is 2.53. The van der Waals surface area contributed by atoms with Gasteiger partial charge >= 0.3 is 0 Å². The van der Waals surface area contributed by atoms with Gasteiger partial charge in [-0.3, -0.25) is 10.2 Å². The molecule has 0 heterocycles. The monoisotopic (exact) mass is 284 g/mol. The normalized spacial score (nSPS) is 10.2. The zero-order valence-corrected chi connectivity index (χ0v) is 12.1. The second-order valence-electron chi connectivity index (χ2n) is 4.93. The lowest BCUT2D eigenvalue weighted by Crippen LogP contribution is -2.30. The first-order chi connectivity index (χ1) is 10.2. The fraction of sp³-hybridized carbons (Fsp3) is 0.235. The molecular weight excluding hydrogens is 264 g/mol. The zero-order chi connectivity index (χ0) is 15.1. The molecule has 110 valence electrons. The predicted molar refractivity (Wildman–Crippen MR) is 82.6 cm³/mol. The lowest BCUT2D eigenvalue weighted by molar-refractivity contribution is -0.121. The van der Waals surface area contributed by atoms with Crippen LogP contribution < -0.4 is 16.0 Å². The van der Waals surface area contributed by atoms with Crippen LogP contribution in [-0.2, 0) is 17.8 Å². The second kappa shape index (κ2) is 7.45. The van der Waals surface area contributed by atoms with Gasteiger partial charge in [0.1, 0.15) is 12.4 Å². The quantitative estimate of drug-likeness (QED) is 0.486. The van der Waals surface area contributed by atoms with E-state index in [-0.39, 0.29) is 5.91 Å². The van der Waals surface area contributed by atoms with Crippen LogP contribution in [0.4, 0.5) is 0 Å². The van der Waals surface area contributed by atoms with E-state index >= 15 is 0 Å². The maximum atomic E-state index is 11.1. The Hall–Kier alpha value is -2.33. The zero-order valence-electron chi connectivity index (χ0n) is 12.1. The summed E-state index contributed by atoms with van der Waals surface area (Å²) in [7, 11) is 0. The third kappa shape index (κ3) is 4.61. The van der Waals surface area contributed by atoms with E-state index in [0.29, 0.717) is 19.4 Å². The smallest absolute Gasteiger partial charge is 0.234 e. The standard InChI is InChI=1S/C17H20N2O2/c1-13-4-2-3-5-15(13)12-21-16-9-6-14(7-10-16)8-11-17(20)19-18/h2-7,9-10H,8,11-12,18H2,1H3,(H,19,20). The molecule has 4 nitrogen and oxygen atoms in total. The number of carbonyl (C=O) groups excluding carboxylic acids is 1. The van der Waals surface area contributed by atoms with Crippen molar-refractivity contribution in [2.75, 3.05) is 0 Å². The number of nitrogens with two attached hydrogens (primary N) is 1. The number of ether oxygens (including phenoxy) is 1. The topological polar surface area (TPSA) is 64.3 Å². The van der Waals surface area contributed by atoms with Gasteiger partial charge in [0.2, 0.25) is 5.91 Å². The Morgan fingerprint density at radius 1 is 1.14 bits per heavy atom. The minimum Gasteiger partial charge on any atom is -0.489 e. The van der Waals surface area contributed by atoms with Crippen LogP contribution in [0.1, 0.15) is 23.1 Å². The Kier molecular flexibility index (Phi) is 5.35. The summed E-state index contributed by atoms with van der Waals surface area (Å²) in [5.41, 5.74) is 5.62. The molecular formula is C17H20N2O2. The Morgan fingerprint density at radius 3 is 2.52 bits per heavy atom. The van der Waals surface area contributed by atoms with E-state index in [1.54, 1.807) is 0 Å². The first-order valence-corrected chi connectivity index (χ1v) is 6.94. The van der Waals surface area contributed by atoms with E-state index in [1.807, 2.05) is 36.4 Å². The van der Waals surface area contributed by atoms with Crippen LogP contribution in [0.15, 0.2) is 48.5 Å². The van der Waals surface area contributed by atoms with E-state index in [2.05, 4.69) is 24.5 Å². The fourth-order valence-corrected chi connectivity index (χ4v) is 2.02. The molecule has 1 amide bonds. The van der Waals surface area contributed by atoms with Gasteiger partial charge in [-0.1, -0.05) is 36.4 Å². The van der Waals surface area contributed by atoms with Crippen LogP contribution in [0, 0.1) is 6.92 Å². The van der Waals surface area contributed by atoms with Crippen molar-refractivity contribution >= 4 is 5.91 Å². The Balaban J connectivity index is 1.88. The number of hydrogen-bond acceptors (Lipinski definition) is 3. The average molecular weight is 284 g/mol. The Labute approximate surface area is 124 Å². The largest absolute Gasteiger partial charge is 0.489 e. The van der Waals surface area contributed by atoms with Crippen molar-refractivity contribution in [2.45, 2.75) is 26.4 Å². The maximum absolute atomic E-state index is 11.1. The first kappa shape index (κ1) is 15.1. The number of hydrogen-bond donors (Lipinski definition) is 2. The van der Waals surface area contributed by atoms with E-state index in [1.165, 1.54) is 11.1 Å². The van der Waals surface area contributed by atoms with Crippen LogP contribution in [0.2, 0.25) is 0 Å². The molecule has 0 bridgehead atoms. The van der Waals surface area contributed by atoms with Gasteiger partial charge in [0.15, 0.2) is 0 Å². The summed E-state index contributed by atoms with van der Waals surface area (Å²) in [6.07, 6.45) is 1.06. The van der Waals surface area contributed by atoms with Gasteiger partial charge in [0.05, 0.1) is 0 Å². The molecule has 0 radical (unpaired) electrons. The third-order valence-corrected chi connectivity index (χ3v) is 3.38. The van der Waals surface area contributed by atoms with Gasteiger partial charge in [-0.15, -0.1) is 0 Å². The molecule has 4 heteroatoms. The number of hydrazine groups is 1. The maximum Gasteiger partial charge on any atom is 0.234 e. The number of aryl methyl sites for hydroxylation is 2. The highest BCUT2D eigenvalue weighted by molar-refractivity contribution is 5.75. The third-order valence-electron chi connectivity index (χ3n) is 3.38. The molecule has 2 aromatic rings. The summed E-state index contributed by atoms with van der Waals surface area (Å²) in [4.78, 5) is 11.1. The highest BCUT2D eigenvalue weighted by atomic mass is 16.5. The van der Waals surface area contributed by atoms with E-state index < -0.39 is 0 Å². The summed E-state index contributed by atoms with van der Waals surface area (Å²) in [6, 6.07) is 16.0. The van der Waals surface area contributed by atoms with Crippen LogP contribution in [0.5, 0.6) is 5.75 Å². The molecule has 2 aromatic carbocycles. The molecule has 0 spiro atoms. The highest BCUT2D eigenvalue weighted by Crippen LogP contribution is 2.16. The Morgan fingerprint density at radius 2 is 1.86 bits per heavy atom. The molecule has 2 rings (SSSR count). The SMILES string of the molecule is Cc1ccccc1COc1ccc(CCC(=O)NN)cc1.